The molecule has 9 heteroatoms. The molecule has 3 aromatic heterocycles. The lowest BCUT2D eigenvalue weighted by Crippen LogP contribution is -2.43. The van der Waals surface area contributed by atoms with Crippen molar-refractivity contribution in [2.24, 2.45) is 0 Å². The second kappa shape index (κ2) is 9.25. The van der Waals surface area contributed by atoms with Crippen molar-refractivity contribution < 1.29 is 9.15 Å². The smallest absolute Gasteiger partial charge is 0.232 e. The molecule has 1 aliphatic rings. The summed E-state index contributed by atoms with van der Waals surface area (Å²) in [5.41, 5.74) is 6.42. The van der Waals surface area contributed by atoms with Gasteiger partial charge in [-0.15, -0.1) is 0 Å². The maximum atomic E-state index is 5.72. The summed E-state index contributed by atoms with van der Waals surface area (Å²) in [4.78, 5) is 21.9. The Kier molecular flexibility index (Phi) is 5.79. The van der Waals surface area contributed by atoms with Gasteiger partial charge in [-0.1, -0.05) is 18.2 Å². The van der Waals surface area contributed by atoms with Crippen molar-refractivity contribution >= 4 is 33.8 Å². The first-order chi connectivity index (χ1) is 17.6. The van der Waals surface area contributed by atoms with Gasteiger partial charge in [0.2, 0.25) is 11.8 Å². The van der Waals surface area contributed by atoms with Crippen LogP contribution >= 0.6 is 0 Å². The summed E-state index contributed by atoms with van der Waals surface area (Å²) in [7, 11) is 3.80. The number of aryl methyl sites for hydroxylation is 1. The summed E-state index contributed by atoms with van der Waals surface area (Å²) < 4.78 is 11.4. The fourth-order valence-electron chi connectivity index (χ4n) is 4.73. The number of fused-ring (bicyclic) bond motifs is 2. The summed E-state index contributed by atoms with van der Waals surface area (Å²) in [6.45, 7) is 7.27. The van der Waals surface area contributed by atoms with Crippen molar-refractivity contribution in [3.8, 4) is 17.0 Å². The van der Waals surface area contributed by atoms with Crippen LogP contribution in [0.2, 0.25) is 0 Å². The average Bonchev–Trinajstić information content (AvgIpc) is 3.48. The van der Waals surface area contributed by atoms with Crippen LogP contribution in [0.1, 0.15) is 11.5 Å². The molecule has 0 spiro atoms. The van der Waals surface area contributed by atoms with Crippen molar-refractivity contribution in [1.29, 1.82) is 0 Å². The molecule has 4 heterocycles. The first-order valence-electron chi connectivity index (χ1n) is 12.1. The number of likely N-dealkylation sites (N-methyl/N-ethyl adjacent to an activating group) is 1. The van der Waals surface area contributed by atoms with E-state index in [-0.39, 0.29) is 0 Å². The number of piperazine rings is 1. The second-order valence-electron chi connectivity index (χ2n) is 9.30. The zero-order valence-corrected chi connectivity index (χ0v) is 20.7. The predicted octanol–water partition coefficient (Wildman–Crippen LogP) is 4.57. The van der Waals surface area contributed by atoms with Crippen LogP contribution < -0.4 is 10.1 Å². The molecule has 0 saturated carbocycles. The number of hydrogen-bond donors (Lipinski definition) is 2. The molecule has 36 heavy (non-hydrogen) atoms. The van der Waals surface area contributed by atoms with Crippen LogP contribution in [0.15, 0.2) is 53.1 Å². The van der Waals surface area contributed by atoms with Gasteiger partial charge in [-0.05, 0) is 42.4 Å². The number of H-pyrrole nitrogens is 1. The number of methoxy groups -OCH3 is 1. The number of aromatic nitrogens is 4. The van der Waals surface area contributed by atoms with Gasteiger partial charge in [0.25, 0.3) is 0 Å². The summed E-state index contributed by atoms with van der Waals surface area (Å²) >= 11 is 0. The molecule has 1 aliphatic heterocycles. The number of aromatic amines is 1. The van der Waals surface area contributed by atoms with Crippen LogP contribution in [0.3, 0.4) is 0 Å². The van der Waals surface area contributed by atoms with E-state index in [1.807, 2.05) is 31.3 Å². The number of nitrogens with one attached hydrogen (secondary N) is 2. The van der Waals surface area contributed by atoms with Crippen LogP contribution in [0.4, 0.5) is 11.6 Å². The van der Waals surface area contributed by atoms with E-state index < -0.39 is 0 Å². The van der Waals surface area contributed by atoms with E-state index in [0.717, 1.165) is 66.0 Å². The van der Waals surface area contributed by atoms with E-state index in [1.165, 1.54) is 5.56 Å². The van der Waals surface area contributed by atoms with Crippen LogP contribution in [0.25, 0.3) is 33.3 Å². The number of ether oxygens (including phenoxy) is 1. The predicted molar refractivity (Wildman–Crippen MR) is 141 cm³/mol. The fraction of sp³-hybridized carbons (Fsp3) is 0.296. The highest BCUT2D eigenvalue weighted by molar-refractivity contribution is 5.99. The standard InChI is InChI=1S/C27H29N7O2/c1-17-29-22-9-6-19(14-23(22)36-17)21-15-28-25-24(21)26(35-3)32-27(31-25)30-20-7-4-18(5-8-20)16-34-12-10-33(2)11-13-34/h4-9,14-15H,10-13,16H2,1-3H3,(H2,28,30,31,32). The van der Waals surface area contributed by atoms with Crippen LogP contribution in [-0.2, 0) is 6.54 Å². The van der Waals surface area contributed by atoms with Gasteiger partial charge < -0.3 is 24.4 Å². The normalized spacial score (nSPS) is 15.1. The number of hydrogen-bond acceptors (Lipinski definition) is 8. The topological polar surface area (TPSA) is 95.3 Å². The number of oxazole rings is 1. The molecule has 2 aromatic carbocycles. The quantitative estimate of drug-likeness (QED) is 0.363. The molecule has 0 aliphatic carbocycles. The molecule has 1 fully saturated rings. The largest absolute Gasteiger partial charge is 0.480 e. The Hall–Kier alpha value is -3.95. The lowest BCUT2D eigenvalue weighted by Gasteiger charge is -2.32. The third-order valence-electron chi connectivity index (χ3n) is 6.71. The highest BCUT2D eigenvalue weighted by atomic mass is 16.5. The maximum absolute atomic E-state index is 5.72. The van der Waals surface area contributed by atoms with Gasteiger partial charge >= 0.3 is 0 Å². The Morgan fingerprint density at radius 2 is 1.83 bits per heavy atom. The number of rotatable bonds is 6. The zero-order chi connectivity index (χ0) is 24.6. The van der Waals surface area contributed by atoms with Gasteiger partial charge in [-0.25, -0.2) is 4.98 Å². The lowest BCUT2D eigenvalue weighted by molar-refractivity contribution is 0.148. The third kappa shape index (κ3) is 4.38. The molecule has 0 unspecified atom stereocenters. The molecular formula is C27H29N7O2. The van der Waals surface area contributed by atoms with Gasteiger partial charge in [-0.2, -0.15) is 9.97 Å². The molecule has 0 bridgehead atoms. The van der Waals surface area contributed by atoms with Crippen molar-refractivity contribution in [3.05, 3.63) is 60.1 Å². The van der Waals surface area contributed by atoms with E-state index >= 15 is 0 Å². The second-order valence-corrected chi connectivity index (χ2v) is 9.30. The van der Waals surface area contributed by atoms with E-state index in [0.29, 0.717) is 23.4 Å². The van der Waals surface area contributed by atoms with Crippen LogP contribution in [-0.4, -0.2) is 70.1 Å². The zero-order valence-electron chi connectivity index (χ0n) is 20.7. The first-order valence-corrected chi connectivity index (χ1v) is 12.1. The molecule has 0 amide bonds. The van der Waals surface area contributed by atoms with Gasteiger partial charge in [-0.3, -0.25) is 4.90 Å². The average molecular weight is 484 g/mol. The van der Waals surface area contributed by atoms with Gasteiger partial charge in [0.05, 0.1) is 12.5 Å². The number of benzene rings is 2. The molecule has 0 atom stereocenters. The van der Waals surface area contributed by atoms with Gasteiger partial charge in [0.1, 0.15) is 11.2 Å². The summed E-state index contributed by atoms with van der Waals surface area (Å²) in [5, 5.41) is 4.14. The highest BCUT2D eigenvalue weighted by Gasteiger charge is 2.17. The summed E-state index contributed by atoms with van der Waals surface area (Å²) in [5.74, 6) is 1.62. The molecule has 5 aromatic rings. The van der Waals surface area contributed by atoms with Gasteiger partial charge in [0, 0.05) is 57.1 Å². The molecule has 0 radical (unpaired) electrons. The monoisotopic (exact) mass is 483 g/mol. The van der Waals surface area contributed by atoms with Crippen molar-refractivity contribution in [3.63, 3.8) is 0 Å². The highest BCUT2D eigenvalue weighted by Crippen LogP contribution is 2.36. The van der Waals surface area contributed by atoms with E-state index in [1.54, 1.807) is 7.11 Å². The Bertz CT molecular complexity index is 1520. The minimum absolute atomic E-state index is 0.473. The minimum Gasteiger partial charge on any atom is -0.480 e. The minimum atomic E-state index is 0.473. The molecule has 184 valence electrons. The van der Waals surface area contributed by atoms with Crippen molar-refractivity contribution in [2.75, 3.05) is 45.7 Å². The van der Waals surface area contributed by atoms with E-state index in [4.69, 9.17) is 14.1 Å². The number of nitrogens with zero attached hydrogens (tertiary/aromatic N) is 5. The summed E-state index contributed by atoms with van der Waals surface area (Å²) in [6, 6.07) is 14.4. The summed E-state index contributed by atoms with van der Waals surface area (Å²) in [6.07, 6.45) is 1.92. The van der Waals surface area contributed by atoms with Crippen LogP contribution in [0.5, 0.6) is 5.88 Å². The molecule has 2 N–H and O–H groups in total. The Labute approximate surface area is 209 Å². The third-order valence-corrected chi connectivity index (χ3v) is 6.71. The molecule has 9 nitrogen and oxygen atoms in total. The molecule has 1 saturated heterocycles. The Balaban J connectivity index is 1.23. The van der Waals surface area contributed by atoms with Crippen molar-refractivity contribution in [2.45, 2.75) is 13.5 Å². The SMILES string of the molecule is COc1nc(Nc2ccc(CN3CCN(C)CC3)cc2)nc2[nH]cc(-c3ccc4nc(C)oc4c3)c12. The van der Waals surface area contributed by atoms with Crippen molar-refractivity contribution in [1.82, 2.24) is 29.7 Å². The first kappa shape index (κ1) is 22.5. The fourth-order valence-corrected chi connectivity index (χ4v) is 4.73. The van der Waals surface area contributed by atoms with E-state index in [2.05, 4.69) is 61.4 Å². The van der Waals surface area contributed by atoms with E-state index in [9.17, 15) is 0 Å². The van der Waals surface area contributed by atoms with Crippen LogP contribution in [0, 0.1) is 6.92 Å². The number of anilines is 2. The molecular weight excluding hydrogens is 454 g/mol. The Morgan fingerprint density at radius 3 is 2.61 bits per heavy atom. The Morgan fingerprint density at radius 1 is 1.03 bits per heavy atom. The maximum Gasteiger partial charge on any atom is 0.232 e. The van der Waals surface area contributed by atoms with Gasteiger partial charge in [0.15, 0.2) is 11.5 Å². The lowest BCUT2D eigenvalue weighted by atomic mass is 10.1. The molecule has 6 rings (SSSR count).